The van der Waals surface area contributed by atoms with Crippen molar-refractivity contribution in [3.63, 3.8) is 0 Å². The number of benzene rings is 2. The molecule has 5 heteroatoms. The molecule has 0 aromatic heterocycles. The number of halogens is 1. The van der Waals surface area contributed by atoms with Crippen molar-refractivity contribution in [1.82, 2.24) is 4.90 Å². The van der Waals surface area contributed by atoms with E-state index >= 15 is 0 Å². The highest BCUT2D eigenvalue weighted by atomic mass is 19.1. The van der Waals surface area contributed by atoms with Gasteiger partial charge in [0, 0.05) is 36.8 Å². The van der Waals surface area contributed by atoms with Crippen LogP contribution >= 0.6 is 0 Å². The van der Waals surface area contributed by atoms with E-state index in [4.69, 9.17) is 0 Å². The van der Waals surface area contributed by atoms with Gasteiger partial charge in [0.1, 0.15) is 5.82 Å². The summed E-state index contributed by atoms with van der Waals surface area (Å²) in [6.07, 6.45) is 2.11. The Hall–Kier alpha value is -2.69. The lowest BCUT2D eigenvalue weighted by atomic mass is 10.1. The van der Waals surface area contributed by atoms with E-state index in [1.807, 2.05) is 30.3 Å². The minimum absolute atomic E-state index is 0.0313. The van der Waals surface area contributed by atoms with Crippen molar-refractivity contribution in [3.05, 3.63) is 66.0 Å². The fourth-order valence-corrected chi connectivity index (χ4v) is 3.55. The molecule has 1 aliphatic carbocycles. The SMILES string of the molecule is O=C1C[C@H](C(=O)N(Cc2ccccc2F)C2CC2)CN1c1ccccc1. The highest BCUT2D eigenvalue weighted by Gasteiger charge is 2.41. The van der Waals surface area contributed by atoms with Gasteiger partial charge in [0.25, 0.3) is 0 Å². The lowest BCUT2D eigenvalue weighted by Crippen LogP contribution is -2.38. The van der Waals surface area contributed by atoms with Gasteiger partial charge in [0.15, 0.2) is 0 Å². The molecule has 4 rings (SSSR count). The number of nitrogens with zero attached hydrogens (tertiary/aromatic N) is 2. The third-order valence-electron chi connectivity index (χ3n) is 5.11. The maximum atomic E-state index is 14.0. The molecule has 1 saturated heterocycles. The largest absolute Gasteiger partial charge is 0.335 e. The molecule has 0 radical (unpaired) electrons. The number of rotatable bonds is 5. The van der Waals surface area contributed by atoms with E-state index in [2.05, 4.69) is 0 Å². The fourth-order valence-electron chi connectivity index (χ4n) is 3.55. The second-order valence-electron chi connectivity index (χ2n) is 7.03. The van der Waals surface area contributed by atoms with Crippen LogP contribution in [0.3, 0.4) is 0 Å². The maximum Gasteiger partial charge on any atom is 0.228 e. The van der Waals surface area contributed by atoms with Gasteiger partial charge in [0.05, 0.1) is 5.92 Å². The number of carbonyl (C=O) groups is 2. The first-order valence-corrected chi connectivity index (χ1v) is 9.03. The topological polar surface area (TPSA) is 40.6 Å². The Kier molecular flexibility index (Phi) is 4.45. The van der Waals surface area contributed by atoms with Gasteiger partial charge in [-0.2, -0.15) is 0 Å². The Bertz CT molecular complexity index is 820. The average molecular weight is 352 g/mol. The summed E-state index contributed by atoms with van der Waals surface area (Å²) in [6.45, 7) is 0.661. The number of anilines is 1. The van der Waals surface area contributed by atoms with Gasteiger partial charge in [-0.25, -0.2) is 4.39 Å². The van der Waals surface area contributed by atoms with Gasteiger partial charge in [-0.1, -0.05) is 36.4 Å². The Balaban J connectivity index is 1.50. The summed E-state index contributed by atoms with van der Waals surface area (Å²) in [5, 5.41) is 0. The fraction of sp³-hybridized carbons (Fsp3) is 0.333. The van der Waals surface area contributed by atoms with E-state index in [0.717, 1.165) is 18.5 Å². The number of hydrogen-bond donors (Lipinski definition) is 0. The zero-order valence-electron chi connectivity index (χ0n) is 14.5. The van der Waals surface area contributed by atoms with E-state index in [1.54, 1.807) is 28.0 Å². The van der Waals surface area contributed by atoms with E-state index in [-0.39, 0.29) is 42.6 Å². The minimum Gasteiger partial charge on any atom is -0.335 e. The molecule has 4 nitrogen and oxygen atoms in total. The van der Waals surface area contributed by atoms with Crippen molar-refractivity contribution < 1.29 is 14.0 Å². The third-order valence-corrected chi connectivity index (χ3v) is 5.11. The van der Waals surface area contributed by atoms with Gasteiger partial charge in [-0.3, -0.25) is 9.59 Å². The molecule has 1 heterocycles. The van der Waals surface area contributed by atoms with Crippen LogP contribution in [0, 0.1) is 11.7 Å². The van der Waals surface area contributed by atoms with Crippen molar-refractivity contribution in [2.75, 3.05) is 11.4 Å². The van der Waals surface area contributed by atoms with Crippen molar-refractivity contribution in [2.45, 2.75) is 31.8 Å². The van der Waals surface area contributed by atoms with Crippen LogP contribution in [-0.4, -0.2) is 29.3 Å². The van der Waals surface area contributed by atoms with E-state index < -0.39 is 0 Å². The molecule has 2 aliphatic rings. The smallest absolute Gasteiger partial charge is 0.228 e. The molecule has 1 atom stereocenters. The quantitative estimate of drug-likeness (QED) is 0.828. The molecule has 0 spiro atoms. The summed E-state index contributed by atoms with van der Waals surface area (Å²) in [6, 6.07) is 16.2. The summed E-state index contributed by atoms with van der Waals surface area (Å²) >= 11 is 0. The Morgan fingerprint density at radius 3 is 2.46 bits per heavy atom. The number of hydrogen-bond acceptors (Lipinski definition) is 2. The zero-order chi connectivity index (χ0) is 18.1. The summed E-state index contributed by atoms with van der Waals surface area (Å²) in [5.74, 6) is -0.729. The number of carbonyl (C=O) groups excluding carboxylic acids is 2. The van der Waals surface area contributed by atoms with Crippen LogP contribution in [0.4, 0.5) is 10.1 Å². The van der Waals surface area contributed by atoms with Gasteiger partial charge in [0.2, 0.25) is 11.8 Å². The Labute approximate surface area is 152 Å². The predicted molar refractivity (Wildman–Crippen MR) is 96.9 cm³/mol. The molecule has 2 aromatic rings. The first-order valence-electron chi connectivity index (χ1n) is 9.03. The average Bonchev–Trinajstić information content (AvgIpc) is 3.42. The molecule has 0 bridgehead atoms. The normalized spacial score (nSPS) is 19.7. The zero-order valence-corrected chi connectivity index (χ0v) is 14.5. The highest BCUT2D eigenvalue weighted by molar-refractivity contribution is 6.00. The number of para-hydroxylation sites is 1. The molecule has 26 heavy (non-hydrogen) atoms. The molecule has 2 amide bonds. The van der Waals surface area contributed by atoms with Crippen LogP contribution in [0.5, 0.6) is 0 Å². The van der Waals surface area contributed by atoms with Crippen LogP contribution in [-0.2, 0) is 16.1 Å². The summed E-state index contributed by atoms with van der Waals surface area (Å²) in [5.41, 5.74) is 1.34. The van der Waals surface area contributed by atoms with Crippen molar-refractivity contribution in [1.29, 1.82) is 0 Å². The Morgan fingerprint density at radius 1 is 1.08 bits per heavy atom. The van der Waals surface area contributed by atoms with Crippen LogP contribution < -0.4 is 4.90 Å². The van der Waals surface area contributed by atoms with E-state index in [1.165, 1.54) is 6.07 Å². The number of amides is 2. The summed E-state index contributed by atoms with van der Waals surface area (Å²) in [4.78, 5) is 28.9. The van der Waals surface area contributed by atoms with Crippen molar-refractivity contribution in [3.8, 4) is 0 Å². The molecule has 2 fully saturated rings. The second kappa shape index (κ2) is 6.90. The van der Waals surface area contributed by atoms with E-state index in [0.29, 0.717) is 12.1 Å². The van der Waals surface area contributed by atoms with Gasteiger partial charge < -0.3 is 9.80 Å². The molecule has 0 N–H and O–H groups in total. The van der Waals surface area contributed by atoms with Crippen LogP contribution in [0.15, 0.2) is 54.6 Å². The van der Waals surface area contributed by atoms with Crippen LogP contribution in [0.1, 0.15) is 24.8 Å². The second-order valence-corrected chi connectivity index (χ2v) is 7.03. The summed E-state index contributed by atoms with van der Waals surface area (Å²) in [7, 11) is 0. The minimum atomic E-state index is -0.366. The van der Waals surface area contributed by atoms with Gasteiger partial charge in [-0.05, 0) is 31.0 Å². The van der Waals surface area contributed by atoms with Crippen molar-refractivity contribution >= 4 is 17.5 Å². The third kappa shape index (κ3) is 3.34. The van der Waals surface area contributed by atoms with Gasteiger partial charge in [-0.15, -0.1) is 0 Å². The van der Waals surface area contributed by atoms with Gasteiger partial charge >= 0.3 is 0 Å². The molecule has 1 aliphatic heterocycles. The standard InChI is InChI=1S/C21H21FN2O2/c22-19-9-5-4-6-15(19)13-24(18-10-11-18)21(26)16-12-20(25)23(14-16)17-7-2-1-3-8-17/h1-9,16,18H,10-14H2/t16-/m0/s1. The lowest BCUT2D eigenvalue weighted by molar-refractivity contribution is -0.137. The first kappa shape index (κ1) is 16.8. The Morgan fingerprint density at radius 2 is 1.77 bits per heavy atom. The molecule has 2 aromatic carbocycles. The van der Waals surface area contributed by atoms with Crippen molar-refractivity contribution in [2.24, 2.45) is 5.92 Å². The maximum absolute atomic E-state index is 14.0. The highest BCUT2D eigenvalue weighted by Crippen LogP contribution is 2.33. The first-order chi connectivity index (χ1) is 12.6. The van der Waals surface area contributed by atoms with Crippen LogP contribution in [0.2, 0.25) is 0 Å². The summed E-state index contributed by atoms with van der Waals surface area (Å²) < 4.78 is 14.0. The monoisotopic (exact) mass is 352 g/mol. The molecule has 1 saturated carbocycles. The molecule has 134 valence electrons. The van der Waals surface area contributed by atoms with Crippen LogP contribution in [0.25, 0.3) is 0 Å². The van der Waals surface area contributed by atoms with E-state index in [9.17, 15) is 14.0 Å². The lowest BCUT2D eigenvalue weighted by Gasteiger charge is -2.26. The molecular formula is C21H21FN2O2. The molecule has 0 unspecified atom stereocenters. The predicted octanol–water partition coefficient (Wildman–Crippen LogP) is 3.37. The molecular weight excluding hydrogens is 331 g/mol.